The van der Waals surface area contributed by atoms with Crippen molar-refractivity contribution < 1.29 is 4.79 Å². The predicted octanol–water partition coefficient (Wildman–Crippen LogP) is 3.50. The number of nitrogens with one attached hydrogen (secondary N) is 1. The lowest BCUT2D eigenvalue weighted by Gasteiger charge is -2.11. The van der Waals surface area contributed by atoms with Crippen LogP contribution in [0, 0.1) is 6.92 Å². The third-order valence-electron chi connectivity index (χ3n) is 3.90. The molecule has 0 atom stereocenters. The molecule has 0 radical (unpaired) electrons. The summed E-state index contributed by atoms with van der Waals surface area (Å²) in [6, 6.07) is 12.0. The zero-order valence-corrected chi connectivity index (χ0v) is 14.1. The maximum atomic E-state index is 12.6. The van der Waals surface area contributed by atoms with Crippen LogP contribution in [-0.2, 0) is 0 Å². The summed E-state index contributed by atoms with van der Waals surface area (Å²) in [5.41, 5.74) is 2.66. The van der Waals surface area contributed by atoms with Crippen LogP contribution in [-0.4, -0.2) is 26.8 Å². The smallest absolute Gasteiger partial charge is 0.256 e. The molecule has 24 heavy (non-hydrogen) atoms. The third-order valence-corrected chi connectivity index (χ3v) is 3.90. The minimum atomic E-state index is -0.0916. The van der Waals surface area contributed by atoms with Crippen LogP contribution in [0.4, 0.5) is 0 Å². The Morgan fingerprint density at radius 2 is 2.00 bits per heavy atom. The number of rotatable bonds is 6. The van der Waals surface area contributed by atoms with Crippen molar-refractivity contribution in [1.82, 2.24) is 19.7 Å². The van der Waals surface area contributed by atoms with Crippen molar-refractivity contribution in [2.45, 2.75) is 26.7 Å². The van der Waals surface area contributed by atoms with Gasteiger partial charge in [0.25, 0.3) is 5.91 Å². The molecule has 1 aromatic carbocycles. The standard InChI is InChI=1S/C19H22N4O/c1-3-4-10-20-18(24)17-14-21-23(16-9-7-8-15(2)13-16)19(17)22-11-5-6-12-22/h5-9,11-14H,3-4,10H2,1-2H3,(H,20,24). The van der Waals surface area contributed by atoms with E-state index in [1.807, 2.05) is 58.9 Å². The van der Waals surface area contributed by atoms with E-state index in [4.69, 9.17) is 0 Å². The van der Waals surface area contributed by atoms with Gasteiger partial charge in [-0.1, -0.05) is 25.5 Å². The first-order valence-electron chi connectivity index (χ1n) is 8.27. The predicted molar refractivity (Wildman–Crippen MR) is 94.9 cm³/mol. The molecule has 5 nitrogen and oxygen atoms in total. The third kappa shape index (κ3) is 3.25. The minimum Gasteiger partial charge on any atom is -0.352 e. The molecule has 1 N–H and O–H groups in total. The van der Waals surface area contributed by atoms with Crippen LogP contribution in [0.3, 0.4) is 0 Å². The molecule has 3 aromatic rings. The van der Waals surface area contributed by atoms with E-state index >= 15 is 0 Å². The lowest BCUT2D eigenvalue weighted by atomic mass is 10.2. The Morgan fingerprint density at radius 1 is 1.21 bits per heavy atom. The van der Waals surface area contributed by atoms with Crippen molar-refractivity contribution in [2.75, 3.05) is 6.54 Å². The fraction of sp³-hybridized carbons (Fsp3) is 0.263. The average molecular weight is 322 g/mol. The molecule has 0 saturated heterocycles. The van der Waals surface area contributed by atoms with Gasteiger partial charge in [-0.3, -0.25) is 4.79 Å². The Bertz CT molecular complexity index is 818. The Morgan fingerprint density at radius 3 is 2.71 bits per heavy atom. The number of aromatic nitrogens is 3. The van der Waals surface area contributed by atoms with E-state index in [9.17, 15) is 4.79 Å². The summed E-state index contributed by atoms with van der Waals surface area (Å²) < 4.78 is 3.73. The van der Waals surface area contributed by atoms with Gasteiger partial charge in [-0.2, -0.15) is 5.10 Å². The molecule has 0 aliphatic rings. The lowest BCUT2D eigenvalue weighted by molar-refractivity contribution is 0.0953. The fourth-order valence-corrected chi connectivity index (χ4v) is 2.65. The van der Waals surface area contributed by atoms with Gasteiger partial charge < -0.3 is 9.88 Å². The highest BCUT2D eigenvalue weighted by atomic mass is 16.1. The zero-order valence-electron chi connectivity index (χ0n) is 14.1. The fourth-order valence-electron chi connectivity index (χ4n) is 2.65. The number of aryl methyl sites for hydroxylation is 1. The zero-order chi connectivity index (χ0) is 16.9. The molecular formula is C19H22N4O. The molecule has 124 valence electrons. The highest BCUT2D eigenvalue weighted by Crippen LogP contribution is 2.20. The Kier molecular flexibility index (Phi) is 4.79. The van der Waals surface area contributed by atoms with E-state index in [-0.39, 0.29) is 5.91 Å². The van der Waals surface area contributed by atoms with Gasteiger partial charge in [-0.05, 0) is 43.2 Å². The molecule has 0 fully saturated rings. The van der Waals surface area contributed by atoms with Crippen LogP contribution in [0.1, 0.15) is 35.7 Å². The second-order valence-electron chi connectivity index (χ2n) is 5.83. The lowest BCUT2D eigenvalue weighted by Crippen LogP contribution is -2.25. The van der Waals surface area contributed by atoms with Gasteiger partial charge in [0, 0.05) is 18.9 Å². The first-order chi connectivity index (χ1) is 11.7. The van der Waals surface area contributed by atoms with E-state index in [1.165, 1.54) is 0 Å². The van der Waals surface area contributed by atoms with Crippen LogP contribution < -0.4 is 5.32 Å². The quantitative estimate of drug-likeness (QED) is 0.706. The van der Waals surface area contributed by atoms with E-state index in [0.717, 1.165) is 29.9 Å². The highest BCUT2D eigenvalue weighted by molar-refractivity contribution is 5.97. The number of amides is 1. The second kappa shape index (κ2) is 7.17. The first kappa shape index (κ1) is 16.1. The average Bonchev–Trinajstić information content (AvgIpc) is 3.24. The van der Waals surface area contributed by atoms with Gasteiger partial charge in [0.15, 0.2) is 5.82 Å². The van der Waals surface area contributed by atoms with Crippen molar-refractivity contribution in [1.29, 1.82) is 0 Å². The van der Waals surface area contributed by atoms with Crippen molar-refractivity contribution in [3.05, 3.63) is 66.1 Å². The molecule has 0 aliphatic heterocycles. The van der Waals surface area contributed by atoms with E-state index in [1.54, 1.807) is 6.20 Å². The number of carbonyl (C=O) groups is 1. The molecular weight excluding hydrogens is 300 g/mol. The number of hydrogen-bond donors (Lipinski definition) is 1. The molecule has 0 saturated carbocycles. The number of nitrogens with zero attached hydrogens (tertiary/aromatic N) is 3. The maximum absolute atomic E-state index is 12.6. The molecule has 2 heterocycles. The summed E-state index contributed by atoms with van der Waals surface area (Å²) in [4.78, 5) is 12.6. The van der Waals surface area contributed by atoms with Crippen molar-refractivity contribution in [2.24, 2.45) is 0 Å². The molecule has 0 unspecified atom stereocenters. The van der Waals surface area contributed by atoms with Gasteiger partial charge in [0.2, 0.25) is 0 Å². The SMILES string of the molecule is CCCCNC(=O)c1cnn(-c2cccc(C)c2)c1-n1cccc1. The van der Waals surface area contributed by atoms with Crippen LogP contribution in [0.25, 0.3) is 11.5 Å². The van der Waals surface area contributed by atoms with Gasteiger partial charge in [-0.15, -0.1) is 0 Å². The summed E-state index contributed by atoms with van der Waals surface area (Å²) in [6.45, 7) is 4.82. The Hall–Kier alpha value is -2.82. The summed E-state index contributed by atoms with van der Waals surface area (Å²) in [5.74, 6) is 0.658. The Labute approximate surface area is 141 Å². The Balaban J connectivity index is 2.03. The van der Waals surface area contributed by atoms with E-state index < -0.39 is 0 Å². The number of unbranched alkanes of at least 4 members (excludes halogenated alkanes) is 1. The topological polar surface area (TPSA) is 51.9 Å². The number of benzene rings is 1. The van der Waals surface area contributed by atoms with Crippen LogP contribution in [0.2, 0.25) is 0 Å². The maximum Gasteiger partial charge on any atom is 0.256 e. The van der Waals surface area contributed by atoms with Crippen LogP contribution in [0.15, 0.2) is 55.0 Å². The second-order valence-corrected chi connectivity index (χ2v) is 5.83. The summed E-state index contributed by atoms with van der Waals surface area (Å²) in [5, 5.41) is 7.44. The molecule has 0 bridgehead atoms. The summed E-state index contributed by atoms with van der Waals surface area (Å²) in [7, 11) is 0. The van der Waals surface area contributed by atoms with E-state index in [2.05, 4.69) is 23.4 Å². The normalized spacial score (nSPS) is 10.8. The van der Waals surface area contributed by atoms with Crippen molar-refractivity contribution in [3.8, 4) is 11.5 Å². The molecule has 5 heteroatoms. The van der Waals surface area contributed by atoms with Gasteiger partial charge in [-0.25, -0.2) is 4.68 Å². The van der Waals surface area contributed by atoms with Crippen LogP contribution >= 0.6 is 0 Å². The highest BCUT2D eigenvalue weighted by Gasteiger charge is 2.19. The van der Waals surface area contributed by atoms with Gasteiger partial charge >= 0.3 is 0 Å². The van der Waals surface area contributed by atoms with Crippen molar-refractivity contribution >= 4 is 5.91 Å². The molecule has 2 aromatic heterocycles. The summed E-state index contributed by atoms with van der Waals surface area (Å²) >= 11 is 0. The first-order valence-corrected chi connectivity index (χ1v) is 8.27. The van der Waals surface area contributed by atoms with Gasteiger partial charge in [0.1, 0.15) is 5.56 Å². The van der Waals surface area contributed by atoms with Crippen LogP contribution in [0.5, 0.6) is 0 Å². The molecule has 0 spiro atoms. The molecule has 3 rings (SSSR count). The number of hydrogen-bond acceptors (Lipinski definition) is 2. The largest absolute Gasteiger partial charge is 0.352 e. The monoisotopic (exact) mass is 322 g/mol. The summed E-state index contributed by atoms with van der Waals surface area (Å²) in [6.07, 6.45) is 7.50. The van der Waals surface area contributed by atoms with Crippen molar-refractivity contribution in [3.63, 3.8) is 0 Å². The molecule has 1 amide bonds. The molecule has 0 aliphatic carbocycles. The minimum absolute atomic E-state index is 0.0916. The van der Waals surface area contributed by atoms with Gasteiger partial charge in [0.05, 0.1) is 11.9 Å². The number of carbonyl (C=O) groups excluding carboxylic acids is 1. The van der Waals surface area contributed by atoms with E-state index in [0.29, 0.717) is 12.1 Å².